The first-order valence-corrected chi connectivity index (χ1v) is 6.89. The molecule has 1 aromatic carbocycles. The highest BCUT2D eigenvalue weighted by molar-refractivity contribution is 7.73. The van der Waals surface area contributed by atoms with Crippen molar-refractivity contribution in [1.29, 1.82) is 0 Å². The van der Waals surface area contributed by atoms with Crippen LogP contribution in [0, 0.1) is 0 Å². The molecule has 0 aliphatic carbocycles. The fraction of sp³-hybridized carbons (Fsp3) is 0.333. The first-order valence-electron chi connectivity index (χ1n) is 4.74. The van der Waals surface area contributed by atoms with Crippen LogP contribution < -0.4 is 0 Å². The molecule has 0 atom stereocenters. The first-order chi connectivity index (χ1) is 6.59. The van der Waals surface area contributed by atoms with Crippen molar-refractivity contribution < 1.29 is 0 Å². The van der Waals surface area contributed by atoms with Gasteiger partial charge in [0.2, 0.25) is 0 Å². The summed E-state index contributed by atoms with van der Waals surface area (Å²) in [6.07, 6.45) is 0. The fourth-order valence-electron chi connectivity index (χ4n) is 1.36. The van der Waals surface area contributed by atoms with Crippen LogP contribution in [-0.2, 0) is 5.41 Å². The van der Waals surface area contributed by atoms with Gasteiger partial charge in [-0.1, -0.05) is 71.8 Å². The molecule has 0 amide bonds. The number of hydrogen-bond donors (Lipinski definition) is 0. The lowest BCUT2D eigenvalue weighted by Crippen LogP contribution is -2.11. The molecule has 0 saturated carbocycles. The fourth-order valence-corrected chi connectivity index (χ4v) is 4.30. The quantitative estimate of drug-likeness (QED) is 0.609. The standard InChI is InChI=1S/C12H14S2/c1-12(2,3)11-10(13-14-11)9-7-5-4-6-8-9/h4-8H,1-3H3. The van der Waals surface area contributed by atoms with Crippen LogP contribution in [0.3, 0.4) is 0 Å². The molecule has 0 radical (unpaired) electrons. The largest absolute Gasteiger partial charge is 0.0824 e. The molecule has 2 aromatic rings. The Bertz CT molecular complexity index is 401. The molecule has 0 nitrogen and oxygen atoms in total. The summed E-state index contributed by atoms with van der Waals surface area (Å²) < 4.78 is 0. The second kappa shape index (κ2) is 3.52. The number of benzene rings is 1. The molecule has 1 heterocycles. The van der Waals surface area contributed by atoms with E-state index in [9.17, 15) is 0 Å². The minimum absolute atomic E-state index is 0.293. The van der Waals surface area contributed by atoms with Gasteiger partial charge in [-0.2, -0.15) is 0 Å². The van der Waals surface area contributed by atoms with Crippen LogP contribution in [0.1, 0.15) is 25.6 Å². The molecule has 2 heteroatoms. The molecular weight excluding hydrogens is 208 g/mol. The van der Waals surface area contributed by atoms with E-state index in [1.54, 1.807) is 0 Å². The average Bonchev–Trinajstić information content (AvgIpc) is 2.00. The first kappa shape index (κ1) is 9.94. The lowest BCUT2D eigenvalue weighted by molar-refractivity contribution is 0.605. The SMILES string of the molecule is CC(C)(C)c1ssc1-c1ccccc1. The summed E-state index contributed by atoms with van der Waals surface area (Å²) in [4.78, 5) is 2.98. The summed E-state index contributed by atoms with van der Waals surface area (Å²) in [5.74, 6) is 0. The number of rotatable bonds is 1. The van der Waals surface area contributed by atoms with Gasteiger partial charge in [0.25, 0.3) is 0 Å². The molecule has 0 N–H and O–H groups in total. The van der Waals surface area contributed by atoms with E-state index in [1.165, 1.54) is 15.3 Å². The van der Waals surface area contributed by atoms with Crippen LogP contribution in [0.25, 0.3) is 10.4 Å². The Labute approximate surface area is 92.6 Å². The molecule has 0 bridgehead atoms. The molecule has 74 valence electrons. The van der Waals surface area contributed by atoms with E-state index in [0.717, 1.165) is 0 Å². The van der Waals surface area contributed by atoms with Gasteiger partial charge < -0.3 is 0 Å². The lowest BCUT2D eigenvalue weighted by atomic mass is 9.92. The van der Waals surface area contributed by atoms with Gasteiger partial charge >= 0.3 is 0 Å². The van der Waals surface area contributed by atoms with Gasteiger partial charge in [0.05, 0.1) is 4.88 Å². The minimum atomic E-state index is 0.293. The molecular formula is C12H14S2. The molecule has 2 rings (SSSR count). The summed E-state index contributed by atoms with van der Waals surface area (Å²) in [5.41, 5.74) is 1.65. The van der Waals surface area contributed by atoms with Crippen molar-refractivity contribution in [1.82, 2.24) is 0 Å². The van der Waals surface area contributed by atoms with Crippen LogP contribution in [-0.4, -0.2) is 0 Å². The zero-order chi connectivity index (χ0) is 10.2. The van der Waals surface area contributed by atoms with E-state index in [-0.39, 0.29) is 0 Å². The third-order valence-corrected chi connectivity index (χ3v) is 5.18. The summed E-state index contributed by atoms with van der Waals surface area (Å²) >= 11 is 0. The second-order valence-electron chi connectivity index (χ2n) is 4.44. The lowest BCUT2D eigenvalue weighted by Gasteiger charge is -2.23. The Hall–Kier alpha value is -0.600. The van der Waals surface area contributed by atoms with Crippen LogP contribution in [0.15, 0.2) is 30.3 Å². The molecule has 0 aliphatic rings. The van der Waals surface area contributed by atoms with Crippen molar-refractivity contribution in [3.8, 4) is 10.4 Å². The van der Waals surface area contributed by atoms with Crippen molar-refractivity contribution in [2.24, 2.45) is 0 Å². The summed E-state index contributed by atoms with van der Waals surface area (Å²) in [7, 11) is 3.80. The Balaban J connectivity index is 2.38. The predicted octanol–water partition coefficient (Wildman–Crippen LogP) is 4.77. The Morgan fingerprint density at radius 3 is 2.00 bits per heavy atom. The maximum Gasteiger partial charge on any atom is 0.0594 e. The third-order valence-electron chi connectivity index (χ3n) is 2.13. The van der Waals surface area contributed by atoms with Gasteiger partial charge in [-0.3, -0.25) is 0 Å². The predicted molar refractivity (Wildman–Crippen MR) is 66.3 cm³/mol. The van der Waals surface area contributed by atoms with Crippen LogP contribution in [0.2, 0.25) is 0 Å². The van der Waals surface area contributed by atoms with Crippen LogP contribution in [0.4, 0.5) is 0 Å². The van der Waals surface area contributed by atoms with Crippen molar-refractivity contribution >= 4 is 20.7 Å². The van der Waals surface area contributed by atoms with E-state index in [2.05, 4.69) is 51.1 Å². The summed E-state index contributed by atoms with van der Waals surface area (Å²) in [5, 5.41) is 0. The molecule has 0 spiro atoms. The van der Waals surface area contributed by atoms with Crippen LogP contribution in [0.5, 0.6) is 0 Å². The molecule has 0 saturated heterocycles. The normalized spacial score (nSPS) is 11.9. The number of hydrogen-bond acceptors (Lipinski definition) is 2. The Morgan fingerprint density at radius 2 is 1.57 bits per heavy atom. The highest BCUT2D eigenvalue weighted by Gasteiger charge is 2.23. The van der Waals surface area contributed by atoms with E-state index >= 15 is 0 Å². The molecule has 0 unspecified atom stereocenters. The van der Waals surface area contributed by atoms with Crippen molar-refractivity contribution in [3.05, 3.63) is 35.2 Å². The van der Waals surface area contributed by atoms with Gasteiger partial charge in [0, 0.05) is 4.88 Å². The van der Waals surface area contributed by atoms with Gasteiger partial charge in [0.1, 0.15) is 0 Å². The monoisotopic (exact) mass is 222 g/mol. The highest BCUT2D eigenvalue weighted by Crippen LogP contribution is 2.44. The van der Waals surface area contributed by atoms with Crippen LogP contribution >= 0.6 is 20.7 Å². The van der Waals surface area contributed by atoms with Crippen molar-refractivity contribution in [3.63, 3.8) is 0 Å². The topological polar surface area (TPSA) is 0 Å². The average molecular weight is 222 g/mol. The van der Waals surface area contributed by atoms with Gasteiger partial charge in [-0.15, -0.1) is 0 Å². The maximum atomic E-state index is 2.28. The van der Waals surface area contributed by atoms with Crippen molar-refractivity contribution in [2.75, 3.05) is 0 Å². The highest BCUT2D eigenvalue weighted by atomic mass is 32.9. The molecule has 14 heavy (non-hydrogen) atoms. The summed E-state index contributed by atoms with van der Waals surface area (Å²) in [6, 6.07) is 10.7. The molecule has 0 aliphatic heterocycles. The summed E-state index contributed by atoms with van der Waals surface area (Å²) in [6.45, 7) is 6.83. The second-order valence-corrected chi connectivity index (χ2v) is 6.59. The van der Waals surface area contributed by atoms with Crippen molar-refractivity contribution in [2.45, 2.75) is 26.2 Å². The Morgan fingerprint density at radius 1 is 0.929 bits per heavy atom. The Kier molecular flexibility index (Phi) is 2.50. The minimum Gasteiger partial charge on any atom is -0.0824 e. The third kappa shape index (κ3) is 1.77. The van der Waals surface area contributed by atoms with E-state index in [1.807, 2.05) is 20.7 Å². The van der Waals surface area contributed by atoms with E-state index in [0.29, 0.717) is 5.41 Å². The van der Waals surface area contributed by atoms with Gasteiger partial charge in [-0.05, 0) is 11.0 Å². The van der Waals surface area contributed by atoms with E-state index < -0.39 is 0 Å². The zero-order valence-corrected chi connectivity index (χ0v) is 10.3. The maximum absolute atomic E-state index is 2.28. The van der Waals surface area contributed by atoms with Gasteiger partial charge in [0.15, 0.2) is 0 Å². The van der Waals surface area contributed by atoms with Gasteiger partial charge in [-0.25, -0.2) is 0 Å². The van der Waals surface area contributed by atoms with E-state index in [4.69, 9.17) is 0 Å². The molecule has 1 aromatic heterocycles. The smallest absolute Gasteiger partial charge is 0.0594 e. The molecule has 0 fully saturated rings. The zero-order valence-electron chi connectivity index (χ0n) is 8.70.